The van der Waals surface area contributed by atoms with Crippen LogP contribution in [-0.2, 0) is 10.0 Å². The van der Waals surface area contributed by atoms with Gasteiger partial charge in [0.1, 0.15) is 5.82 Å². The van der Waals surface area contributed by atoms with Crippen molar-refractivity contribution < 1.29 is 12.8 Å². The molecule has 1 aromatic heterocycles. The largest absolute Gasteiger partial charge is 0.277 e. The number of aromatic nitrogens is 2. The summed E-state index contributed by atoms with van der Waals surface area (Å²) >= 11 is 8.96. The predicted octanol–water partition coefficient (Wildman–Crippen LogP) is 4.23. The summed E-state index contributed by atoms with van der Waals surface area (Å²) < 4.78 is 43.0. The minimum atomic E-state index is -3.93. The number of nitrogens with one attached hydrogen (secondary N) is 1. The molecule has 0 radical (unpaired) electrons. The van der Waals surface area contributed by atoms with Crippen molar-refractivity contribution in [2.75, 3.05) is 4.72 Å². The molecule has 1 heterocycles. The molecule has 3 rings (SSSR count). The molecule has 2 aromatic carbocycles. The highest BCUT2D eigenvalue weighted by molar-refractivity contribution is 9.10. The zero-order valence-electron chi connectivity index (χ0n) is 11.9. The van der Waals surface area contributed by atoms with Gasteiger partial charge in [0.25, 0.3) is 10.0 Å². The minimum absolute atomic E-state index is 0.134. The highest BCUT2D eigenvalue weighted by atomic mass is 79.9. The number of benzene rings is 2. The standard InChI is InChI=1S/C15H10BrClFN3O2S/c16-10-8-19-21(9-10)15-4-2-1-3-14(15)20-24(22,23)11-5-6-13(18)12(17)7-11/h1-9,20H. The van der Waals surface area contributed by atoms with Crippen molar-refractivity contribution in [2.45, 2.75) is 4.90 Å². The van der Waals surface area contributed by atoms with Gasteiger partial charge in [0.2, 0.25) is 0 Å². The molecule has 124 valence electrons. The van der Waals surface area contributed by atoms with Crippen LogP contribution in [0.25, 0.3) is 5.69 Å². The third kappa shape index (κ3) is 3.45. The molecule has 0 unspecified atom stereocenters. The van der Waals surface area contributed by atoms with E-state index in [0.717, 1.165) is 22.7 Å². The topological polar surface area (TPSA) is 64.0 Å². The van der Waals surface area contributed by atoms with Crippen LogP contribution in [0.1, 0.15) is 0 Å². The van der Waals surface area contributed by atoms with Crippen LogP contribution in [0, 0.1) is 5.82 Å². The molecular formula is C15H10BrClFN3O2S. The van der Waals surface area contributed by atoms with E-state index in [1.807, 2.05) is 0 Å². The average molecular weight is 431 g/mol. The summed E-state index contributed by atoms with van der Waals surface area (Å²) in [7, 11) is -3.93. The average Bonchev–Trinajstić information content (AvgIpc) is 2.96. The predicted molar refractivity (Wildman–Crippen MR) is 93.5 cm³/mol. The van der Waals surface area contributed by atoms with Crippen molar-refractivity contribution in [1.29, 1.82) is 0 Å². The first-order valence-corrected chi connectivity index (χ1v) is 9.30. The van der Waals surface area contributed by atoms with E-state index in [-0.39, 0.29) is 9.92 Å². The Morgan fingerprint density at radius 3 is 2.62 bits per heavy atom. The van der Waals surface area contributed by atoms with E-state index in [9.17, 15) is 12.8 Å². The number of sulfonamides is 1. The van der Waals surface area contributed by atoms with Gasteiger partial charge >= 0.3 is 0 Å². The number of para-hydroxylation sites is 2. The Bertz CT molecular complexity index is 1010. The minimum Gasteiger partial charge on any atom is -0.277 e. The van der Waals surface area contributed by atoms with Crippen LogP contribution in [0.2, 0.25) is 5.02 Å². The second-order valence-corrected chi connectivity index (χ2v) is 7.81. The van der Waals surface area contributed by atoms with Gasteiger partial charge in [0, 0.05) is 6.20 Å². The van der Waals surface area contributed by atoms with Crippen LogP contribution in [0.5, 0.6) is 0 Å². The lowest BCUT2D eigenvalue weighted by atomic mass is 10.3. The molecular weight excluding hydrogens is 421 g/mol. The number of nitrogens with zero attached hydrogens (tertiary/aromatic N) is 2. The fourth-order valence-electron chi connectivity index (χ4n) is 2.04. The van der Waals surface area contributed by atoms with Gasteiger partial charge in [-0.2, -0.15) is 5.10 Å². The number of halogens is 3. The van der Waals surface area contributed by atoms with Gasteiger partial charge in [-0.3, -0.25) is 4.72 Å². The maximum atomic E-state index is 13.2. The van der Waals surface area contributed by atoms with Gasteiger partial charge in [0.05, 0.1) is 32.0 Å². The molecule has 0 aliphatic carbocycles. The number of rotatable bonds is 4. The third-order valence-electron chi connectivity index (χ3n) is 3.15. The van der Waals surface area contributed by atoms with Crippen LogP contribution in [0.3, 0.4) is 0 Å². The first-order chi connectivity index (χ1) is 11.4. The van der Waals surface area contributed by atoms with E-state index >= 15 is 0 Å². The van der Waals surface area contributed by atoms with Gasteiger partial charge in [-0.1, -0.05) is 23.7 Å². The molecule has 0 saturated carbocycles. The van der Waals surface area contributed by atoms with Crippen LogP contribution < -0.4 is 4.72 Å². The van der Waals surface area contributed by atoms with E-state index in [2.05, 4.69) is 25.8 Å². The molecule has 0 spiro atoms. The summed E-state index contributed by atoms with van der Waals surface area (Å²) in [5, 5.41) is 3.88. The Hall–Kier alpha value is -1.90. The molecule has 0 bridgehead atoms. The number of anilines is 1. The Kier molecular flexibility index (Phi) is 4.62. The highest BCUT2D eigenvalue weighted by Crippen LogP contribution is 2.25. The monoisotopic (exact) mass is 429 g/mol. The smallest absolute Gasteiger partial charge is 0.262 e. The van der Waals surface area contributed by atoms with Crippen LogP contribution in [0.4, 0.5) is 10.1 Å². The number of hydrogen-bond donors (Lipinski definition) is 1. The first-order valence-electron chi connectivity index (χ1n) is 6.64. The third-order valence-corrected chi connectivity index (χ3v) is 5.21. The van der Waals surface area contributed by atoms with Gasteiger partial charge in [-0.25, -0.2) is 17.5 Å². The molecule has 0 aliphatic heterocycles. The summed E-state index contributed by atoms with van der Waals surface area (Å²) in [6, 6.07) is 9.99. The van der Waals surface area contributed by atoms with Crippen molar-refractivity contribution in [3.05, 3.63) is 70.2 Å². The van der Waals surface area contributed by atoms with Crippen molar-refractivity contribution in [3.8, 4) is 5.69 Å². The molecule has 3 aromatic rings. The van der Waals surface area contributed by atoms with Crippen LogP contribution >= 0.6 is 27.5 Å². The van der Waals surface area contributed by atoms with Crippen molar-refractivity contribution >= 4 is 43.2 Å². The summed E-state index contributed by atoms with van der Waals surface area (Å²) in [5.41, 5.74) is 0.869. The maximum Gasteiger partial charge on any atom is 0.262 e. The Labute approximate surface area is 151 Å². The maximum absolute atomic E-state index is 13.2. The van der Waals surface area contributed by atoms with E-state index < -0.39 is 15.8 Å². The van der Waals surface area contributed by atoms with Crippen LogP contribution in [-0.4, -0.2) is 18.2 Å². The molecule has 0 aliphatic rings. The summed E-state index contributed by atoms with van der Waals surface area (Å²) in [4.78, 5) is -0.134. The fraction of sp³-hybridized carbons (Fsp3) is 0. The SMILES string of the molecule is O=S(=O)(Nc1ccccc1-n1cc(Br)cn1)c1ccc(F)c(Cl)c1. The lowest BCUT2D eigenvalue weighted by molar-refractivity contribution is 0.599. The van der Waals surface area contributed by atoms with Gasteiger partial charge in [0.15, 0.2) is 0 Å². The molecule has 0 saturated heterocycles. The lowest BCUT2D eigenvalue weighted by Gasteiger charge is -2.13. The first kappa shape index (κ1) is 16.9. The molecule has 1 N–H and O–H groups in total. The summed E-state index contributed by atoms with van der Waals surface area (Å²) in [5.74, 6) is -0.683. The normalized spacial score (nSPS) is 11.5. The molecule has 0 fully saturated rings. The van der Waals surface area contributed by atoms with Crippen LogP contribution in [0.15, 0.2) is 64.2 Å². The molecule has 0 amide bonds. The molecule has 0 atom stereocenters. The van der Waals surface area contributed by atoms with Crippen molar-refractivity contribution in [2.24, 2.45) is 0 Å². The van der Waals surface area contributed by atoms with Gasteiger partial charge in [-0.15, -0.1) is 0 Å². The second-order valence-electron chi connectivity index (χ2n) is 4.80. The second kappa shape index (κ2) is 6.54. The fourth-order valence-corrected chi connectivity index (χ4v) is 3.67. The Balaban J connectivity index is 2.00. The zero-order valence-corrected chi connectivity index (χ0v) is 15.1. The Morgan fingerprint density at radius 2 is 1.96 bits per heavy atom. The Morgan fingerprint density at radius 1 is 1.21 bits per heavy atom. The molecule has 9 heteroatoms. The van der Waals surface area contributed by atoms with E-state index in [1.54, 1.807) is 36.7 Å². The number of hydrogen-bond acceptors (Lipinski definition) is 3. The van der Waals surface area contributed by atoms with Gasteiger partial charge < -0.3 is 0 Å². The van der Waals surface area contributed by atoms with E-state index in [0.29, 0.717) is 11.4 Å². The summed E-state index contributed by atoms with van der Waals surface area (Å²) in [6.45, 7) is 0. The van der Waals surface area contributed by atoms with E-state index in [1.165, 1.54) is 4.68 Å². The summed E-state index contributed by atoms with van der Waals surface area (Å²) in [6.07, 6.45) is 3.28. The van der Waals surface area contributed by atoms with Crippen molar-refractivity contribution in [1.82, 2.24) is 9.78 Å². The lowest BCUT2D eigenvalue weighted by Crippen LogP contribution is -2.15. The van der Waals surface area contributed by atoms with Crippen molar-refractivity contribution in [3.63, 3.8) is 0 Å². The molecule has 24 heavy (non-hydrogen) atoms. The zero-order chi connectivity index (χ0) is 17.3. The van der Waals surface area contributed by atoms with E-state index in [4.69, 9.17) is 11.6 Å². The molecule has 5 nitrogen and oxygen atoms in total. The quantitative estimate of drug-likeness (QED) is 0.674. The highest BCUT2D eigenvalue weighted by Gasteiger charge is 2.18. The van der Waals surface area contributed by atoms with Gasteiger partial charge in [-0.05, 0) is 46.3 Å².